The molecular formula is C9H10BrNOS. The molecule has 0 atom stereocenters. The first kappa shape index (κ1) is 10.8. The van der Waals surface area contributed by atoms with Gasteiger partial charge >= 0.3 is 0 Å². The molecule has 13 heavy (non-hydrogen) atoms. The van der Waals surface area contributed by atoms with Crippen LogP contribution in [0.15, 0.2) is 27.6 Å². The van der Waals surface area contributed by atoms with Gasteiger partial charge in [0.05, 0.1) is 6.54 Å². The van der Waals surface area contributed by atoms with Gasteiger partial charge in [0.2, 0.25) is 0 Å². The van der Waals surface area contributed by atoms with Crippen LogP contribution in [0.2, 0.25) is 0 Å². The number of Topliss-reactive ketones (excluding diaryl/α,β-unsaturated/α-hetero) is 1. The van der Waals surface area contributed by atoms with Crippen LogP contribution < -0.4 is 5.73 Å². The highest BCUT2D eigenvalue weighted by molar-refractivity contribution is 9.10. The average molecular weight is 260 g/mol. The van der Waals surface area contributed by atoms with Gasteiger partial charge < -0.3 is 5.73 Å². The highest BCUT2D eigenvalue weighted by Crippen LogP contribution is 2.22. The third kappa shape index (κ3) is 2.83. The predicted octanol–water partition coefficient (Wildman–Crippen LogP) is 2.31. The Kier molecular flexibility index (Phi) is 3.96. The highest BCUT2D eigenvalue weighted by Gasteiger charge is 2.05. The zero-order valence-electron chi connectivity index (χ0n) is 7.21. The van der Waals surface area contributed by atoms with E-state index in [1.54, 1.807) is 17.8 Å². The Hall–Kier alpha value is -0.320. The third-order valence-electron chi connectivity index (χ3n) is 1.61. The minimum Gasteiger partial charge on any atom is -0.324 e. The van der Waals surface area contributed by atoms with Gasteiger partial charge in [-0.2, -0.15) is 0 Å². The van der Waals surface area contributed by atoms with E-state index in [9.17, 15) is 4.79 Å². The van der Waals surface area contributed by atoms with Crippen LogP contribution in [0.1, 0.15) is 10.4 Å². The first-order chi connectivity index (χ1) is 6.17. The van der Waals surface area contributed by atoms with E-state index in [4.69, 9.17) is 5.73 Å². The van der Waals surface area contributed by atoms with Gasteiger partial charge in [0.25, 0.3) is 0 Å². The van der Waals surface area contributed by atoms with Gasteiger partial charge in [0.15, 0.2) is 5.78 Å². The lowest BCUT2D eigenvalue weighted by Crippen LogP contribution is -2.13. The van der Waals surface area contributed by atoms with Crippen LogP contribution in [-0.4, -0.2) is 18.6 Å². The first-order valence-electron chi connectivity index (χ1n) is 3.75. The van der Waals surface area contributed by atoms with Gasteiger partial charge in [-0.05, 0) is 24.5 Å². The van der Waals surface area contributed by atoms with Crippen LogP contribution in [0.4, 0.5) is 0 Å². The molecular weight excluding hydrogens is 250 g/mol. The number of benzene rings is 1. The molecule has 0 aliphatic carbocycles. The summed E-state index contributed by atoms with van der Waals surface area (Å²) in [7, 11) is 0. The molecule has 70 valence electrons. The van der Waals surface area contributed by atoms with Crippen molar-refractivity contribution in [3.63, 3.8) is 0 Å². The SMILES string of the molecule is CSc1cc(Br)cc(C(=O)CN)c1. The largest absolute Gasteiger partial charge is 0.324 e. The van der Waals surface area contributed by atoms with Crippen LogP contribution in [0.25, 0.3) is 0 Å². The number of nitrogens with two attached hydrogens (primary N) is 1. The van der Waals surface area contributed by atoms with Crippen molar-refractivity contribution in [2.45, 2.75) is 4.90 Å². The molecule has 0 saturated carbocycles. The summed E-state index contributed by atoms with van der Waals surface area (Å²) in [5, 5.41) is 0. The monoisotopic (exact) mass is 259 g/mol. The van der Waals surface area contributed by atoms with Crippen LogP contribution in [0.3, 0.4) is 0 Å². The Labute approximate surface area is 90.0 Å². The Bertz CT molecular complexity index is 327. The van der Waals surface area contributed by atoms with E-state index in [0.717, 1.165) is 9.37 Å². The molecule has 0 saturated heterocycles. The molecule has 0 unspecified atom stereocenters. The van der Waals surface area contributed by atoms with Crippen molar-refractivity contribution >= 4 is 33.5 Å². The Balaban J connectivity index is 3.08. The van der Waals surface area contributed by atoms with Crippen molar-refractivity contribution in [3.8, 4) is 0 Å². The quantitative estimate of drug-likeness (QED) is 0.670. The maximum absolute atomic E-state index is 11.3. The van der Waals surface area contributed by atoms with Crippen molar-refractivity contribution in [1.29, 1.82) is 0 Å². The number of carbonyl (C=O) groups excluding carboxylic acids is 1. The van der Waals surface area contributed by atoms with Crippen molar-refractivity contribution < 1.29 is 4.79 Å². The summed E-state index contributed by atoms with van der Waals surface area (Å²) in [6, 6.07) is 5.61. The van der Waals surface area contributed by atoms with Crippen molar-refractivity contribution in [3.05, 3.63) is 28.2 Å². The Morgan fingerprint density at radius 2 is 2.23 bits per heavy atom. The van der Waals surface area contributed by atoms with Crippen molar-refractivity contribution in [2.75, 3.05) is 12.8 Å². The number of rotatable bonds is 3. The molecule has 2 nitrogen and oxygen atoms in total. The summed E-state index contributed by atoms with van der Waals surface area (Å²) in [6.07, 6.45) is 1.97. The van der Waals surface area contributed by atoms with E-state index in [1.165, 1.54) is 0 Å². The molecule has 0 aliphatic rings. The topological polar surface area (TPSA) is 43.1 Å². The van der Waals surface area contributed by atoms with E-state index < -0.39 is 0 Å². The van der Waals surface area contributed by atoms with Gasteiger partial charge in [0, 0.05) is 14.9 Å². The summed E-state index contributed by atoms with van der Waals surface area (Å²) >= 11 is 4.95. The fourth-order valence-corrected chi connectivity index (χ4v) is 2.09. The fourth-order valence-electron chi connectivity index (χ4n) is 0.959. The van der Waals surface area contributed by atoms with Gasteiger partial charge in [-0.25, -0.2) is 0 Å². The van der Waals surface area contributed by atoms with Crippen LogP contribution in [0.5, 0.6) is 0 Å². The molecule has 0 bridgehead atoms. The number of hydrogen-bond acceptors (Lipinski definition) is 3. The standard InChI is InChI=1S/C9H10BrNOS/c1-13-8-3-6(9(12)5-11)2-7(10)4-8/h2-4H,5,11H2,1H3. The second-order valence-electron chi connectivity index (χ2n) is 2.51. The van der Waals surface area contributed by atoms with E-state index >= 15 is 0 Å². The van der Waals surface area contributed by atoms with Gasteiger partial charge in [-0.1, -0.05) is 15.9 Å². The highest BCUT2D eigenvalue weighted by atomic mass is 79.9. The minimum atomic E-state index is -0.0309. The molecule has 2 N–H and O–H groups in total. The Morgan fingerprint density at radius 1 is 1.54 bits per heavy atom. The number of halogens is 1. The van der Waals surface area contributed by atoms with E-state index in [0.29, 0.717) is 5.56 Å². The molecule has 1 aromatic rings. The number of thioether (sulfide) groups is 1. The maximum atomic E-state index is 11.3. The number of carbonyl (C=O) groups is 1. The van der Waals surface area contributed by atoms with Gasteiger partial charge in [0.1, 0.15) is 0 Å². The lowest BCUT2D eigenvalue weighted by molar-refractivity contribution is 0.100. The van der Waals surface area contributed by atoms with E-state index in [-0.39, 0.29) is 12.3 Å². The molecule has 0 spiro atoms. The van der Waals surface area contributed by atoms with Crippen LogP contribution in [0, 0.1) is 0 Å². The average Bonchev–Trinajstić information content (AvgIpc) is 2.15. The maximum Gasteiger partial charge on any atom is 0.176 e. The lowest BCUT2D eigenvalue weighted by atomic mass is 10.1. The zero-order chi connectivity index (χ0) is 9.84. The van der Waals surface area contributed by atoms with E-state index in [2.05, 4.69) is 15.9 Å². The zero-order valence-corrected chi connectivity index (χ0v) is 9.61. The normalized spacial score (nSPS) is 10.1. The predicted molar refractivity (Wildman–Crippen MR) is 59.3 cm³/mol. The Morgan fingerprint density at radius 3 is 2.77 bits per heavy atom. The first-order valence-corrected chi connectivity index (χ1v) is 5.77. The molecule has 0 aromatic heterocycles. The lowest BCUT2D eigenvalue weighted by Gasteiger charge is -2.02. The number of hydrogen-bond donors (Lipinski definition) is 1. The van der Waals surface area contributed by atoms with Gasteiger partial charge in [-0.3, -0.25) is 4.79 Å². The van der Waals surface area contributed by atoms with Crippen LogP contribution in [-0.2, 0) is 0 Å². The molecule has 0 aliphatic heterocycles. The second kappa shape index (κ2) is 4.79. The fraction of sp³-hybridized carbons (Fsp3) is 0.222. The second-order valence-corrected chi connectivity index (χ2v) is 4.30. The van der Waals surface area contributed by atoms with E-state index in [1.807, 2.05) is 18.4 Å². The summed E-state index contributed by atoms with van der Waals surface area (Å²) in [6.45, 7) is 0.0598. The summed E-state index contributed by atoms with van der Waals surface area (Å²) in [5.74, 6) is -0.0309. The van der Waals surface area contributed by atoms with Gasteiger partial charge in [-0.15, -0.1) is 11.8 Å². The molecule has 4 heteroatoms. The molecule has 1 aromatic carbocycles. The molecule has 0 amide bonds. The number of ketones is 1. The van der Waals surface area contributed by atoms with Crippen molar-refractivity contribution in [1.82, 2.24) is 0 Å². The summed E-state index contributed by atoms with van der Waals surface area (Å²) in [5.41, 5.74) is 5.94. The summed E-state index contributed by atoms with van der Waals surface area (Å²) in [4.78, 5) is 12.3. The molecule has 0 fully saturated rings. The summed E-state index contributed by atoms with van der Waals surface area (Å²) < 4.78 is 0.913. The molecule has 0 heterocycles. The molecule has 0 radical (unpaired) electrons. The van der Waals surface area contributed by atoms with Crippen molar-refractivity contribution in [2.24, 2.45) is 5.73 Å². The van der Waals surface area contributed by atoms with Crippen LogP contribution >= 0.6 is 27.7 Å². The minimum absolute atomic E-state index is 0.0309. The third-order valence-corrected chi connectivity index (χ3v) is 2.78. The smallest absolute Gasteiger partial charge is 0.176 e. The molecule has 1 rings (SSSR count).